The largest absolute Gasteiger partial charge is 0.496 e. The van der Waals surface area contributed by atoms with Crippen LogP contribution in [0.15, 0.2) is 53.1 Å². The third-order valence-corrected chi connectivity index (χ3v) is 5.57. The molecule has 8 heteroatoms. The van der Waals surface area contributed by atoms with Crippen LogP contribution in [0, 0.1) is 6.92 Å². The van der Waals surface area contributed by atoms with E-state index in [1.54, 1.807) is 13.3 Å². The number of aromatic nitrogens is 1. The molecule has 3 aromatic rings. The van der Waals surface area contributed by atoms with Gasteiger partial charge in [-0.15, -0.1) is 0 Å². The maximum absolute atomic E-state index is 12.5. The lowest BCUT2D eigenvalue weighted by atomic mass is 10.1. The molecular weight excluding hydrogens is 416 g/mol. The SMILES string of the molecule is COc1cc(N2CCN(C(=O)NCc3cccc(Cl)c3)CC2)ccc1-c1cnc(C)o1. The molecule has 1 N–H and O–H groups in total. The van der Waals surface area contributed by atoms with Crippen LogP contribution in [0.25, 0.3) is 11.3 Å². The van der Waals surface area contributed by atoms with Crippen LogP contribution in [0.4, 0.5) is 10.5 Å². The van der Waals surface area contributed by atoms with Gasteiger partial charge in [0.2, 0.25) is 0 Å². The number of carbonyl (C=O) groups excluding carboxylic acids is 1. The fourth-order valence-corrected chi connectivity index (χ4v) is 3.88. The number of piperazine rings is 1. The van der Waals surface area contributed by atoms with Gasteiger partial charge in [-0.25, -0.2) is 9.78 Å². The maximum atomic E-state index is 12.5. The van der Waals surface area contributed by atoms with E-state index in [1.165, 1.54) is 0 Å². The summed E-state index contributed by atoms with van der Waals surface area (Å²) in [5, 5.41) is 3.64. The van der Waals surface area contributed by atoms with Gasteiger partial charge in [-0.2, -0.15) is 0 Å². The van der Waals surface area contributed by atoms with Crippen LogP contribution in [0.1, 0.15) is 11.5 Å². The van der Waals surface area contributed by atoms with E-state index >= 15 is 0 Å². The summed E-state index contributed by atoms with van der Waals surface area (Å²) in [7, 11) is 1.65. The number of aryl methyl sites for hydroxylation is 1. The van der Waals surface area contributed by atoms with Gasteiger partial charge in [-0.05, 0) is 29.8 Å². The molecule has 1 aromatic heterocycles. The molecule has 2 heterocycles. The smallest absolute Gasteiger partial charge is 0.317 e. The van der Waals surface area contributed by atoms with E-state index in [-0.39, 0.29) is 6.03 Å². The number of amides is 2. The highest BCUT2D eigenvalue weighted by molar-refractivity contribution is 6.30. The Morgan fingerprint density at radius 2 is 2.00 bits per heavy atom. The van der Waals surface area contributed by atoms with Gasteiger partial charge < -0.3 is 24.3 Å². The van der Waals surface area contributed by atoms with Gasteiger partial charge >= 0.3 is 6.03 Å². The monoisotopic (exact) mass is 440 g/mol. The zero-order valence-electron chi connectivity index (χ0n) is 17.6. The fourth-order valence-electron chi connectivity index (χ4n) is 3.67. The van der Waals surface area contributed by atoms with Crippen LogP contribution < -0.4 is 15.0 Å². The van der Waals surface area contributed by atoms with Gasteiger partial charge in [-0.3, -0.25) is 0 Å². The predicted octanol–water partition coefficient (Wildman–Crippen LogP) is 4.34. The van der Waals surface area contributed by atoms with E-state index in [9.17, 15) is 4.79 Å². The average Bonchev–Trinajstić information content (AvgIpc) is 3.23. The van der Waals surface area contributed by atoms with Crippen LogP contribution in [-0.4, -0.2) is 49.2 Å². The molecule has 1 fully saturated rings. The van der Waals surface area contributed by atoms with Crippen LogP contribution >= 0.6 is 11.6 Å². The molecule has 0 bridgehead atoms. The second-order valence-electron chi connectivity index (χ2n) is 7.39. The number of nitrogens with one attached hydrogen (secondary N) is 1. The summed E-state index contributed by atoms with van der Waals surface area (Å²) in [5.41, 5.74) is 2.90. The molecule has 2 amide bonds. The van der Waals surface area contributed by atoms with Crippen molar-refractivity contribution in [3.8, 4) is 17.1 Å². The Bertz CT molecular complexity index is 1060. The first kappa shape index (κ1) is 21.1. The molecule has 7 nitrogen and oxygen atoms in total. The lowest BCUT2D eigenvalue weighted by Crippen LogP contribution is -2.51. The summed E-state index contributed by atoms with van der Waals surface area (Å²) in [6.07, 6.45) is 1.70. The molecule has 1 saturated heterocycles. The van der Waals surface area contributed by atoms with Crippen LogP contribution in [0.5, 0.6) is 5.75 Å². The zero-order valence-corrected chi connectivity index (χ0v) is 18.4. The summed E-state index contributed by atoms with van der Waals surface area (Å²) in [5.74, 6) is 2.03. The van der Waals surface area contributed by atoms with Crippen molar-refractivity contribution in [1.82, 2.24) is 15.2 Å². The quantitative estimate of drug-likeness (QED) is 0.638. The number of benzene rings is 2. The Morgan fingerprint density at radius 3 is 2.68 bits per heavy atom. The van der Waals surface area contributed by atoms with E-state index in [0.717, 1.165) is 35.7 Å². The zero-order chi connectivity index (χ0) is 21.8. The summed E-state index contributed by atoms with van der Waals surface area (Å²) in [6.45, 7) is 5.05. The Kier molecular flexibility index (Phi) is 6.32. The van der Waals surface area contributed by atoms with Gasteiger partial charge in [0.05, 0.1) is 18.9 Å². The normalized spacial score (nSPS) is 13.9. The Balaban J connectivity index is 1.35. The molecule has 31 heavy (non-hydrogen) atoms. The Labute approximate surface area is 186 Å². The highest BCUT2D eigenvalue weighted by atomic mass is 35.5. The number of urea groups is 1. The third-order valence-electron chi connectivity index (χ3n) is 5.34. The molecule has 1 aliphatic heterocycles. The summed E-state index contributed by atoms with van der Waals surface area (Å²) >= 11 is 6.00. The number of hydrogen-bond donors (Lipinski definition) is 1. The fraction of sp³-hybridized carbons (Fsp3) is 0.304. The highest BCUT2D eigenvalue weighted by Gasteiger charge is 2.22. The molecular formula is C23H25ClN4O3. The van der Waals surface area contributed by atoms with Crippen molar-refractivity contribution in [3.05, 3.63) is 65.1 Å². The van der Waals surface area contributed by atoms with E-state index in [1.807, 2.05) is 54.3 Å². The number of ether oxygens (including phenoxy) is 1. The standard InChI is InChI=1S/C23H25ClN4O3/c1-16-25-15-22(31-16)20-7-6-19(13-21(20)30-2)27-8-10-28(11-9-27)23(29)26-14-17-4-3-5-18(24)12-17/h3-7,12-13,15H,8-11,14H2,1-2H3,(H,26,29). The number of halogens is 1. The summed E-state index contributed by atoms with van der Waals surface area (Å²) in [6, 6.07) is 13.5. The van der Waals surface area contributed by atoms with Crippen molar-refractivity contribution in [1.29, 1.82) is 0 Å². The minimum absolute atomic E-state index is 0.0618. The summed E-state index contributed by atoms with van der Waals surface area (Å²) in [4.78, 5) is 20.8. The van der Waals surface area contributed by atoms with Gasteiger partial charge in [-0.1, -0.05) is 23.7 Å². The lowest BCUT2D eigenvalue weighted by molar-refractivity contribution is 0.194. The van der Waals surface area contributed by atoms with Crippen molar-refractivity contribution in [3.63, 3.8) is 0 Å². The molecule has 2 aromatic carbocycles. The molecule has 1 aliphatic rings. The first-order valence-corrected chi connectivity index (χ1v) is 10.5. The minimum Gasteiger partial charge on any atom is -0.496 e. The van der Waals surface area contributed by atoms with Crippen molar-refractivity contribution in [2.75, 3.05) is 38.2 Å². The van der Waals surface area contributed by atoms with Crippen molar-refractivity contribution < 1.29 is 13.9 Å². The van der Waals surface area contributed by atoms with Gasteiger partial charge in [0.15, 0.2) is 11.7 Å². The van der Waals surface area contributed by atoms with Crippen molar-refractivity contribution >= 4 is 23.3 Å². The molecule has 4 rings (SSSR count). The highest BCUT2D eigenvalue weighted by Crippen LogP contribution is 2.34. The number of hydrogen-bond acceptors (Lipinski definition) is 5. The molecule has 0 unspecified atom stereocenters. The number of anilines is 1. The number of rotatable bonds is 5. The lowest BCUT2D eigenvalue weighted by Gasteiger charge is -2.36. The molecule has 162 valence electrons. The Hall–Kier alpha value is -3.19. The van der Waals surface area contributed by atoms with Crippen molar-refractivity contribution in [2.45, 2.75) is 13.5 Å². The first-order chi connectivity index (χ1) is 15.0. The number of nitrogens with zero attached hydrogens (tertiary/aromatic N) is 3. The van der Waals surface area contributed by atoms with E-state index in [0.29, 0.717) is 36.3 Å². The van der Waals surface area contributed by atoms with Gasteiger partial charge in [0.1, 0.15) is 5.75 Å². The van der Waals surface area contributed by atoms with E-state index in [4.69, 9.17) is 20.8 Å². The molecule has 0 radical (unpaired) electrons. The third kappa shape index (κ3) is 4.94. The van der Waals surface area contributed by atoms with Crippen LogP contribution in [-0.2, 0) is 6.54 Å². The number of carbonyl (C=O) groups is 1. The van der Waals surface area contributed by atoms with Crippen LogP contribution in [0.3, 0.4) is 0 Å². The topological polar surface area (TPSA) is 70.8 Å². The first-order valence-electron chi connectivity index (χ1n) is 10.2. The molecule has 0 saturated carbocycles. The summed E-state index contributed by atoms with van der Waals surface area (Å²) < 4.78 is 11.2. The predicted molar refractivity (Wildman–Crippen MR) is 121 cm³/mol. The van der Waals surface area contributed by atoms with Gasteiger partial charge in [0.25, 0.3) is 0 Å². The van der Waals surface area contributed by atoms with Crippen LogP contribution in [0.2, 0.25) is 5.02 Å². The second kappa shape index (κ2) is 9.31. The van der Waals surface area contributed by atoms with Crippen molar-refractivity contribution in [2.24, 2.45) is 0 Å². The van der Waals surface area contributed by atoms with E-state index < -0.39 is 0 Å². The second-order valence-corrected chi connectivity index (χ2v) is 7.83. The van der Waals surface area contributed by atoms with Gasteiger partial charge in [0, 0.05) is 56.4 Å². The minimum atomic E-state index is -0.0618. The maximum Gasteiger partial charge on any atom is 0.317 e. The molecule has 0 spiro atoms. The molecule has 0 atom stereocenters. The average molecular weight is 441 g/mol. The number of oxazole rings is 1. The molecule has 0 aliphatic carbocycles. The van der Waals surface area contributed by atoms with E-state index in [2.05, 4.69) is 15.2 Å². The number of methoxy groups -OCH3 is 1. The Morgan fingerprint density at radius 1 is 1.19 bits per heavy atom.